The van der Waals surface area contributed by atoms with Crippen molar-refractivity contribution in [1.82, 2.24) is 10.3 Å². The molecular formula is C28H27F3N6O3. The highest BCUT2D eigenvalue weighted by atomic mass is 19.1. The van der Waals surface area contributed by atoms with E-state index in [2.05, 4.69) is 15.6 Å². The summed E-state index contributed by atoms with van der Waals surface area (Å²) in [5.74, 6) is -3.48. The first-order valence-electron chi connectivity index (χ1n) is 12.6. The number of rotatable bonds is 10. The molecule has 0 saturated heterocycles. The second kappa shape index (κ2) is 12.0. The van der Waals surface area contributed by atoms with Gasteiger partial charge in [-0.25, -0.2) is 22.9 Å². The van der Waals surface area contributed by atoms with Gasteiger partial charge in [-0.1, -0.05) is 0 Å². The van der Waals surface area contributed by atoms with Gasteiger partial charge in [-0.05, 0) is 62.7 Å². The van der Waals surface area contributed by atoms with Crippen molar-refractivity contribution in [2.75, 3.05) is 41.3 Å². The molecule has 2 aromatic carbocycles. The predicted molar refractivity (Wildman–Crippen MR) is 144 cm³/mol. The molecule has 208 valence electrons. The third-order valence-electron chi connectivity index (χ3n) is 6.40. The highest BCUT2D eigenvalue weighted by molar-refractivity contribution is 6.15. The largest absolute Gasteiger partial charge is 0.481 e. The minimum Gasteiger partial charge on any atom is -0.481 e. The number of hydrogen-bond donors (Lipinski definition) is 3. The first kappa shape index (κ1) is 28.4. The number of anilines is 4. The van der Waals surface area contributed by atoms with E-state index < -0.39 is 35.1 Å². The van der Waals surface area contributed by atoms with E-state index in [1.54, 1.807) is 19.9 Å². The lowest BCUT2D eigenvalue weighted by molar-refractivity contribution is -0.137. The standard InChI is InChI=1S/C28H27F3N6O3/c1-3-36-27-20(11-18(29)15-35-27)25-16(2)9-17(14-32)10-23(25)37(28(36)40)26-21(30)12-19(13-22(26)31)34-8-7-33-6-4-5-24(38)39/h9-13,15,33-34H,3-8H2,1-2H3,(H,38,39). The van der Waals surface area contributed by atoms with Gasteiger partial charge in [-0.3, -0.25) is 14.6 Å². The van der Waals surface area contributed by atoms with Gasteiger partial charge >= 0.3 is 12.0 Å². The quantitative estimate of drug-likeness (QED) is 0.292. The average molecular weight is 553 g/mol. The fraction of sp³-hybridized carbons (Fsp3) is 0.286. The Morgan fingerprint density at radius 3 is 2.48 bits per heavy atom. The molecule has 2 heterocycles. The molecule has 0 spiro atoms. The molecule has 4 rings (SSSR count). The van der Waals surface area contributed by atoms with Gasteiger partial charge in [0.05, 0.1) is 23.5 Å². The monoisotopic (exact) mass is 552 g/mol. The maximum Gasteiger partial charge on any atom is 0.334 e. The lowest BCUT2D eigenvalue weighted by Gasteiger charge is -2.28. The Morgan fingerprint density at radius 2 is 1.82 bits per heavy atom. The number of carboxylic acids is 1. The van der Waals surface area contributed by atoms with Crippen LogP contribution < -0.4 is 20.4 Å². The Kier molecular flexibility index (Phi) is 8.55. The van der Waals surface area contributed by atoms with Crippen molar-refractivity contribution in [3.05, 3.63) is 65.1 Å². The van der Waals surface area contributed by atoms with Crippen LogP contribution in [-0.4, -0.2) is 48.3 Å². The van der Waals surface area contributed by atoms with Crippen LogP contribution in [-0.2, 0) is 4.79 Å². The number of fused-ring (bicyclic) bond motifs is 3. The maximum atomic E-state index is 15.6. The van der Waals surface area contributed by atoms with Crippen LogP contribution >= 0.6 is 0 Å². The molecule has 12 heteroatoms. The lowest BCUT2D eigenvalue weighted by Crippen LogP contribution is -2.41. The van der Waals surface area contributed by atoms with E-state index in [9.17, 15) is 19.2 Å². The molecule has 2 amide bonds. The van der Waals surface area contributed by atoms with Crippen LogP contribution in [0.25, 0.3) is 11.1 Å². The number of nitriles is 1. The average Bonchev–Trinajstić information content (AvgIpc) is 2.99. The maximum absolute atomic E-state index is 15.6. The minimum absolute atomic E-state index is 0.0234. The zero-order valence-electron chi connectivity index (χ0n) is 21.9. The number of aliphatic carboxylic acids is 1. The molecular weight excluding hydrogens is 525 g/mol. The zero-order chi connectivity index (χ0) is 29.0. The summed E-state index contributed by atoms with van der Waals surface area (Å²) >= 11 is 0. The van der Waals surface area contributed by atoms with Crippen LogP contribution in [0.15, 0.2) is 36.5 Å². The molecule has 1 aromatic heterocycles. The van der Waals surface area contributed by atoms with Crippen molar-refractivity contribution >= 4 is 34.9 Å². The molecule has 9 nitrogen and oxygen atoms in total. The first-order valence-corrected chi connectivity index (χ1v) is 12.6. The summed E-state index contributed by atoms with van der Waals surface area (Å²) < 4.78 is 45.7. The Balaban J connectivity index is 1.73. The molecule has 40 heavy (non-hydrogen) atoms. The molecule has 3 N–H and O–H groups in total. The number of aromatic nitrogens is 1. The SMILES string of the molecule is CCN1C(=O)N(c2c(F)cc(NCCNCCCC(=O)O)cc2F)c2cc(C#N)cc(C)c2-c2cc(F)cnc21. The number of urea groups is 1. The summed E-state index contributed by atoms with van der Waals surface area (Å²) in [7, 11) is 0. The number of carbonyl (C=O) groups is 2. The van der Waals surface area contributed by atoms with E-state index in [1.807, 2.05) is 6.07 Å². The first-order chi connectivity index (χ1) is 19.2. The summed E-state index contributed by atoms with van der Waals surface area (Å²) in [5.41, 5.74) is 0.730. The summed E-state index contributed by atoms with van der Waals surface area (Å²) in [6, 6.07) is 7.39. The second-order valence-corrected chi connectivity index (χ2v) is 9.15. The topological polar surface area (TPSA) is 122 Å². The number of amides is 2. The van der Waals surface area contributed by atoms with Gasteiger partial charge in [-0.15, -0.1) is 0 Å². The van der Waals surface area contributed by atoms with Crippen molar-refractivity contribution in [1.29, 1.82) is 5.26 Å². The summed E-state index contributed by atoms with van der Waals surface area (Å²) in [4.78, 5) is 30.6. The van der Waals surface area contributed by atoms with Gasteiger partial charge in [0.1, 0.15) is 17.3 Å². The number of carboxylic acid groups (broad SMARTS) is 1. The fourth-order valence-corrected chi connectivity index (χ4v) is 4.67. The number of hydrogen-bond acceptors (Lipinski definition) is 6. The van der Waals surface area contributed by atoms with Gasteiger partial charge < -0.3 is 15.7 Å². The number of benzene rings is 2. The molecule has 3 aromatic rings. The van der Waals surface area contributed by atoms with E-state index in [4.69, 9.17) is 5.11 Å². The van der Waals surface area contributed by atoms with Crippen LogP contribution in [0.5, 0.6) is 0 Å². The van der Waals surface area contributed by atoms with E-state index in [-0.39, 0.29) is 41.3 Å². The van der Waals surface area contributed by atoms with E-state index in [0.29, 0.717) is 37.2 Å². The van der Waals surface area contributed by atoms with E-state index in [1.165, 1.54) is 17.0 Å². The van der Waals surface area contributed by atoms with Crippen molar-refractivity contribution in [2.45, 2.75) is 26.7 Å². The van der Waals surface area contributed by atoms with Crippen LogP contribution in [0.1, 0.15) is 30.9 Å². The smallest absolute Gasteiger partial charge is 0.334 e. The molecule has 1 aliphatic heterocycles. The number of carbonyl (C=O) groups excluding carboxylic acids is 1. The molecule has 0 fully saturated rings. The van der Waals surface area contributed by atoms with Crippen LogP contribution in [0, 0.1) is 35.7 Å². The highest BCUT2D eigenvalue weighted by Crippen LogP contribution is 2.46. The number of pyridine rings is 1. The zero-order valence-corrected chi connectivity index (χ0v) is 21.9. The van der Waals surface area contributed by atoms with Crippen LogP contribution in [0.2, 0.25) is 0 Å². The second-order valence-electron chi connectivity index (χ2n) is 9.15. The number of nitrogens with zero attached hydrogens (tertiary/aromatic N) is 4. The number of halogens is 3. The van der Waals surface area contributed by atoms with Crippen LogP contribution in [0.4, 0.5) is 40.8 Å². The van der Waals surface area contributed by atoms with Crippen molar-refractivity contribution in [2.24, 2.45) is 0 Å². The third-order valence-corrected chi connectivity index (χ3v) is 6.40. The fourth-order valence-electron chi connectivity index (χ4n) is 4.67. The van der Waals surface area contributed by atoms with Crippen molar-refractivity contribution in [3.63, 3.8) is 0 Å². The summed E-state index contributed by atoms with van der Waals surface area (Å²) in [6.07, 6.45) is 1.45. The van der Waals surface area contributed by atoms with Crippen LogP contribution in [0.3, 0.4) is 0 Å². The Hall–Kier alpha value is -4.63. The molecule has 0 radical (unpaired) electrons. The molecule has 1 aliphatic rings. The Labute approximate surface area is 228 Å². The predicted octanol–water partition coefficient (Wildman–Crippen LogP) is 5.31. The molecule has 0 bridgehead atoms. The minimum atomic E-state index is -1.03. The Morgan fingerprint density at radius 1 is 1.10 bits per heavy atom. The number of aryl methyl sites for hydroxylation is 1. The van der Waals surface area contributed by atoms with Gasteiger partial charge in [0.2, 0.25) is 0 Å². The molecule has 0 unspecified atom stereocenters. The summed E-state index contributed by atoms with van der Waals surface area (Å²) in [6.45, 7) is 4.59. The molecule has 0 atom stereocenters. The normalized spacial score (nSPS) is 12.4. The lowest BCUT2D eigenvalue weighted by atomic mass is 9.96. The molecule has 0 saturated carbocycles. The van der Waals surface area contributed by atoms with E-state index in [0.717, 1.165) is 23.2 Å². The van der Waals surface area contributed by atoms with Crippen molar-refractivity contribution in [3.8, 4) is 17.2 Å². The van der Waals surface area contributed by atoms with E-state index >= 15 is 8.78 Å². The van der Waals surface area contributed by atoms with Gasteiger partial charge in [0.25, 0.3) is 0 Å². The van der Waals surface area contributed by atoms with Crippen molar-refractivity contribution < 1.29 is 27.9 Å². The van der Waals surface area contributed by atoms with Gasteiger partial charge in [0.15, 0.2) is 11.6 Å². The van der Waals surface area contributed by atoms with Gasteiger partial charge in [0, 0.05) is 42.9 Å². The number of nitrogens with one attached hydrogen (secondary N) is 2. The Bertz CT molecular complexity index is 1480. The third kappa shape index (κ3) is 5.69. The molecule has 0 aliphatic carbocycles. The van der Waals surface area contributed by atoms with Gasteiger partial charge in [-0.2, -0.15) is 5.26 Å². The highest BCUT2D eigenvalue weighted by Gasteiger charge is 2.37. The summed E-state index contributed by atoms with van der Waals surface area (Å²) in [5, 5.41) is 24.2.